The average Bonchev–Trinajstić information content (AvgIpc) is 1.36. The largest absolute Gasteiger partial charge is 1.00 e. The zero-order chi connectivity index (χ0) is 5.15. The van der Waals surface area contributed by atoms with E-state index >= 15 is 0 Å². The third-order valence-corrected chi connectivity index (χ3v) is 0.287. The molecule has 0 aromatic carbocycles. The Morgan fingerprint density at radius 1 is 1.43 bits per heavy atom. The second kappa shape index (κ2) is 4.30. The van der Waals surface area contributed by atoms with Crippen molar-refractivity contribution in [2.45, 2.75) is 6.92 Å². The van der Waals surface area contributed by atoms with Gasteiger partial charge in [0.05, 0.1) is 0 Å². The van der Waals surface area contributed by atoms with E-state index in [1.54, 1.807) is 0 Å². The first-order chi connectivity index (χ1) is 2.64. The van der Waals surface area contributed by atoms with Crippen molar-refractivity contribution in [3.05, 3.63) is 0 Å². The van der Waals surface area contributed by atoms with Crippen LogP contribution in [0.2, 0.25) is 0 Å². The molecule has 0 amide bonds. The fourth-order valence-corrected chi connectivity index (χ4v) is 0. The number of carbonyl (C=O) groups is 2. The smallest absolute Gasteiger partial charge is 0.542 e. The molecule has 0 N–H and O–H groups in total. The summed E-state index contributed by atoms with van der Waals surface area (Å²) in [7, 11) is 0. The van der Waals surface area contributed by atoms with Gasteiger partial charge in [0.25, 0.3) is 0 Å². The molecule has 0 radical (unpaired) electrons. The predicted octanol–water partition coefficient (Wildman–Crippen LogP) is -4.67. The summed E-state index contributed by atoms with van der Waals surface area (Å²) in [4.78, 5) is 18.7. The van der Waals surface area contributed by atoms with Gasteiger partial charge in [-0.3, -0.25) is 4.79 Å². The minimum Gasteiger partial charge on any atom is -0.542 e. The summed E-state index contributed by atoms with van der Waals surface area (Å²) in [6.07, 6.45) is 0. The predicted molar refractivity (Wildman–Crippen MR) is 15.7 cm³/mol. The molecule has 0 saturated heterocycles. The molecule has 0 unspecified atom stereocenters. The molecule has 0 rings (SSSR count). The topological polar surface area (TPSA) is 57.2 Å². The van der Waals surface area contributed by atoms with Crippen molar-refractivity contribution in [2.75, 3.05) is 0 Å². The minimum absolute atomic E-state index is 0. The maximum atomic E-state index is 9.48. The van der Waals surface area contributed by atoms with E-state index in [-0.39, 0.29) is 29.6 Å². The number of carbonyl (C=O) groups excluding carboxylic acids is 2. The third-order valence-electron chi connectivity index (χ3n) is 0.287. The van der Waals surface area contributed by atoms with Crippen LogP contribution in [-0.2, 0) is 9.59 Å². The van der Waals surface area contributed by atoms with Crippen molar-refractivity contribution in [2.24, 2.45) is 0 Å². The van der Waals surface area contributed by atoms with Crippen LogP contribution in [0.1, 0.15) is 6.92 Å². The zero-order valence-electron chi connectivity index (χ0n) is 4.22. The molecular formula is C3H3NaO3. The summed E-state index contributed by atoms with van der Waals surface area (Å²) in [6, 6.07) is 0. The van der Waals surface area contributed by atoms with Crippen LogP contribution in [0, 0.1) is 0 Å². The fraction of sp³-hybridized carbons (Fsp3) is 0.333. The number of rotatable bonds is 1. The molecule has 0 fully saturated rings. The van der Waals surface area contributed by atoms with Gasteiger partial charge in [-0.05, 0) is 0 Å². The molecule has 0 atom stereocenters. The quantitative estimate of drug-likeness (QED) is 0.194. The molecule has 0 aliphatic carbocycles. The molecule has 0 aliphatic heterocycles. The standard InChI is InChI=1S/C3H4O3.Na/c1-2(4)3(5)6;/h1H3,(H,5,6);/q;+1/p-1/i1+1;. The SMILES string of the molecule is [13CH3]C(=O)C(=O)[O-].[Na+]. The molecule has 7 heavy (non-hydrogen) atoms. The van der Waals surface area contributed by atoms with Crippen LogP contribution in [0.15, 0.2) is 0 Å². The maximum absolute atomic E-state index is 9.48. The van der Waals surface area contributed by atoms with E-state index in [0.717, 1.165) is 6.92 Å². The average molecular weight is 111 g/mol. The Hall–Kier alpha value is 0.140. The van der Waals surface area contributed by atoms with Crippen LogP contribution in [0.4, 0.5) is 0 Å². The first-order valence-electron chi connectivity index (χ1n) is 1.36. The molecular weight excluding hydrogens is 108 g/mol. The molecule has 0 bridgehead atoms. The Kier molecular flexibility index (Phi) is 6.26. The summed E-state index contributed by atoms with van der Waals surface area (Å²) >= 11 is 0. The summed E-state index contributed by atoms with van der Waals surface area (Å²) in [5.74, 6) is -2.56. The van der Waals surface area contributed by atoms with Crippen molar-refractivity contribution in [3.8, 4) is 0 Å². The summed E-state index contributed by atoms with van der Waals surface area (Å²) in [6.45, 7) is 0.940. The monoisotopic (exact) mass is 111 g/mol. The molecule has 0 saturated carbocycles. The van der Waals surface area contributed by atoms with Gasteiger partial charge in [-0.2, -0.15) is 0 Å². The maximum Gasteiger partial charge on any atom is 1.00 e. The Morgan fingerprint density at radius 2 is 1.57 bits per heavy atom. The molecule has 0 aliphatic rings. The van der Waals surface area contributed by atoms with Gasteiger partial charge in [0.15, 0.2) is 5.78 Å². The van der Waals surface area contributed by atoms with Gasteiger partial charge < -0.3 is 9.90 Å². The zero-order valence-corrected chi connectivity index (χ0v) is 6.22. The summed E-state index contributed by atoms with van der Waals surface area (Å²) < 4.78 is 0. The number of carboxylic acid groups (broad SMARTS) is 1. The summed E-state index contributed by atoms with van der Waals surface area (Å²) in [5.41, 5.74) is 0. The number of hydrogen-bond acceptors (Lipinski definition) is 3. The van der Waals surface area contributed by atoms with Crippen LogP contribution in [0.5, 0.6) is 0 Å². The van der Waals surface area contributed by atoms with Gasteiger partial charge in [0, 0.05) is 6.92 Å². The third kappa shape index (κ3) is 6.14. The van der Waals surface area contributed by atoms with Crippen molar-refractivity contribution in [1.29, 1.82) is 0 Å². The second-order valence-corrected chi connectivity index (χ2v) is 0.844. The van der Waals surface area contributed by atoms with Crippen molar-refractivity contribution < 1.29 is 44.3 Å². The van der Waals surface area contributed by atoms with E-state index in [1.165, 1.54) is 0 Å². The first kappa shape index (κ1) is 10.2. The Labute approximate surface area is 63.0 Å². The molecule has 4 heteroatoms. The Morgan fingerprint density at radius 3 is 1.57 bits per heavy atom. The van der Waals surface area contributed by atoms with Gasteiger partial charge in [-0.25, -0.2) is 0 Å². The van der Waals surface area contributed by atoms with Crippen LogP contribution < -0.4 is 34.7 Å². The normalized spacial score (nSPS) is 6.43. The van der Waals surface area contributed by atoms with E-state index < -0.39 is 11.8 Å². The van der Waals surface area contributed by atoms with Crippen LogP contribution in [0.3, 0.4) is 0 Å². The number of hydrogen-bond donors (Lipinski definition) is 0. The van der Waals surface area contributed by atoms with Gasteiger partial charge in [-0.15, -0.1) is 0 Å². The van der Waals surface area contributed by atoms with E-state index in [9.17, 15) is 14.7 Å². The van der Waals surface area contributed by atoms with E-state index in [4.69, 9.17) is 0 Å². The van der Waals surface area contributed by atoms with Gasteiger partial charge in [-0.1, -0.05) is 0 Å². The molecule has 0 aromatic rings. The van der Waals surface area contributed by atoms with Gasteiger partial charge in [0.1, 0.15) is 5.97 Å². The van der Waals surface area contributed by atoms with Crippen LogP contribution >= 0.6 is 0 Å². The number of carboxylic acids is 1. The molecule has 0 spiro atoms. The van der Waals surface area contributed by atoms with Crippen LogP contribution in [-0.4, -0.2) is 11.8 Å². The minimum atomic E-state index is -1.63. The molecule has 0 heterocycles. The number of ketones is 1. The van der Waals surface area contributed by atoms with Crippen molar-refractivity contribution >= 4 is 11.8 Å². The first-order valence-corrected chi connectivity index (χ1v) is 1.36. The molecule has 3 nitrogen and oxygen atoms in total. The van der Waals surface area contributed by atoms with E-state index in [1.807, 2.05) is 0 Å². The Balaban J connectivity index is 0. The van der Waals surface area contributed by atoms with Crippen molar-refractivity contribution in [1.82, 2.24) is 0 Å². The molecule has 34 valence electrons. The van der Waals surface area contributed by atoms with E-state index in [0.29, 0.717) is 0 Å². The van der Waals surface area contributed by atoms with Crippen LogP contribution in [0.25, 0.3) is 0 Å². The number of Topliss-reactive ketones (excluding diaryl/α,β-unsaturated/α-hetero) is 1. The fourth-order valence-electron chi connectivity index (χ4n) is 0. The molecule has 0 aromatic heterocycles. The number of aliphatic carboxylic acids is 1. The van der Waals surface area contributed by atoms with Gasteiger partial charge >= 0.3 is 29.6 Å². The summed E-state index contributed by atoms with van der Waals surface area (Å²) in [5, 5.41) is 9.24. The van der Waals surface area contributed by atoms with E-state index in [2.05, 4.69) is 0 Å². The van der Waals surface area contributed by atoms with Gasteiger partial charge in [0.2, 0.25) is 0 Å². The Bertz CT molecular complexity index is 76.2. The second-order valence-electron chi connectivity index (χ2n) is 0.844. The van der Waals surface area contributed by atoms with Crippen molar-refractivity contribution in [3.63, 3.8) is 0 Å².